The Bertz CT molecular complexity index is 639. The van der Waals surface area contributed by atoms with E-state index in [4.69, 9.17) is 9.47 Å². The first-order chi connectivity index (χ1) is 10.7. The van der Waals surface area contributed by atoms with Crippen LogP contribution in [0.2, 0.25) is 0 Å². The number of carbonyl (C=O) groups excluding carboxylic acids is 1. The normalized spacial score (nSPS) is 20.7. The van der Waals surface area contributed by atoms with Gasteiger partial charge in [-0.15, -0.1) is 11.8 Å². The molecule has 4 heteroatoms. The highest BCUT2D eigenvalue weighted by molar-refractivity contribution is 7.99. The number of ether oxygens (including phenoxy) is 2. The van der Waals surface area contributed by atoms with Gasteiger partial charge < -0.3 is 9.47 Å². The predicted molar refractivity (Wildman–Crippen MR) is 87.2 cm³/mol. The molecule has 0 radical (unpaired) electrons. The number of esters is 1. The maximum Gasteiger partial charge on any atom is 0.306 e. The van der Waals surface area contributed by atoms with Crippen molar-refractivity contribution in [2.75, 3.05) is 12.9 Å². The molecule has 0 bridgehead atoms. The fourth-order valence-electron chi connectivity index (χ4n) is 2.63. The monoisotopic (exact) mass is 314 g/mol. The third-order valence-corrected chi connectivity index (χ3v) is 5.09. The van der Waals surface area contributed by atoms with Crippen molar-refractivity contribution in [3.8, 4) is 5.75 Å². The average molecular weight is 314 g/mol. The first kappa shape index (κ1) is 15.0. The molecular weight excluding hydrogens is 296 g/mol. The Morgan fingerprint density at radius 1 is 1.14 bits per heavy atom. The van der Waals surface area contributed by atoms with Crippen molar-refractivity contribution in [3.63, 3.8) is 0 Å². The largest absolute Gasteiger partial charge is 0.497 e. The van der Waals surface area contributed by atoms with Gasteiger partial charge >= 0.3 is 5.97 Å². The number of methoxy groups -OCH3 is 1. The second-order valence-corrected chi connectivity index (χ2v) is 6.35. The first-order valence-electron chi connectivity index (χ1n) is 7.26. The lowest BCUT2D eigenvalue weighted by Gasteiger charge is -2.28. The van der Waals surface area contributed by atoms with Crippen LogP contribution in [-0.2, 0) is 15.1 Å². The second kappa shape index (κ2) is 6.44. The zero-order chi connectivity index (χ0) is 15.4. The summed E-state index contributed by atoms with van der Waals surface area (Å²) in [7, 11) is 1.66. The van der Waals surface area contributed by atoms with Crippen LogP contribution < -0.4 is 4.74 Å². The van der Waals surface area contributed by atoms with E-state index in [0.29, 0.717) is 6.42 Å². The zero-order valence-electron chi connectivity index (χ0n) is 12.5. The second-order valence-electron chi connectivity index (χ2n) is 5.30. The molecule has 1 saturated heterocycles. The lowest BCUT2D eigenvalue weighted by atomic mass is 9.93. The minimum atomic E-state index is -0.511. The molecule has 1 atom stereocenters. The number of benzene rings is 2. The van der Waals surface area contributed by atoms with Crippen molar-refractivity contribution in [1.82, 2.24) is 0 Å². The van der Waals surface area contributed by atoms with Crippen LogP contribution in [0.5, 0.6) is 5.75 Å². The lowest BCUT2D eigenvalue weighted by Crippen LogP contribution is -2.28. The Hall–Kier alpha value is -1.94. The molecule has 2 aromatic carbocycles. The zero-order valence-corrected chi connectivity index (χ0v) is 13.3. The van der Waals surface area contributed by atoms with Gasteiger partial charge in [0.25, 0.3) is 0 Å². The number of carbonyl (C=O) groups is 1. The van der Waals surface area contributed by atoms with Crippen LogP contribution in [0.4, 0.5) is 0 Å². The number of hydrogen-bond donors (Lipinski definition) is 0. The van der Waals surface area contributed by atoms with E-state index < -0.39 is 5.60 Å². The van der Waals surface area contributed by atoms with Crippen molar-refractivity contribution < 1.29 is 14.3 Å². The molecule has 1 heterocycles. The van der Waals surface area contributed by atoms with Crippen molar-refractivity contribution in [1.29, 1.82) is 0 Å². The van der Waals surface area contributed by atoms with Crippen LogP contribution in [0.15, 0.2) is 59.5 Å². The summed E-state index contributed by atoms with van der Waals surface area (Å²) in [6.45, 7) is 0. The summed E-state index contributed by atoms with van der Waals surface area (Å²) in [5.41, 5.74) is 0.560. The molecule has 0 unspecified atom stereocenters. The van der Waals surface area contributed by atoms with E-state index in [1.165, 1.54) is 0 Å². The number of hydrogen-bond acceptors (Lipinski definition) is 4. The molecule has 0 amide bonds. The topological polar surface area (TPSA) is 35.5 Å². The van der Waals surface area contributed by atoms with E-state index in [1.54, 1.807) is 18.9 Å². The highest BCUT2D eigenvalue weighted by atomic mass is 32.2. The van der Waals surface area contributed by atoms with Crippen LogP contribution >= 0.6 is 11.8 Å². The Kier molecular flexibility index (Phi) is 4.39. The predicted octanol–water partition coefficient (Wildman–Crippen LogP) is 4.02. The van der Waals surface area contributed by atoms with E-state index in [2.05, 4.69) is 0 Å². The van der Waals surface area contributed by atoms with Crippen LogP contribution in [0.1, 0.15) is 18.4 Å². The van der Waals surface area contributed by atoms with Crippen LogP contribution in [-0.4, -0.2) is 18.8 Å². The highest BCUT2D eigenvalue weighted by Crippen LogP contribution is 2.41. The summed E-state index contributed by atoms with van der Waals surface area (Å²) in [4.78, 5) is 12.8. The summed E-state index contributed by atoms with van der Waals surface area (Å²) < 4.78 is 10.9. The average Bonchev–Trinajstić information content (AvgIpc) is 2.97. The molecule has 3 nitrogen and oxygen atoms in total. The number of rotatable bonds is 5. The van der Waals surface area contributed by atoms with E-state index in [1.807, 2.05) is 54.6 Å². The molecule has 0 spiro atoms. The van der Waals surface area contributed by atoms with Crippen LogP contribution in [0, 0.1) is 0 Å². The molecular formula is C18H18O3S. The smallest absolute Gasteiger partial charge is 0.306 e. The number of cyclic esters (lactones) is 1. The minimum absolute atomic E-state index is 0.112. The van der Waals surface area contributed by atoms with Gasteiger partial charge in [0.1, 0.15) is 11.4 Å². The molecule has 1 aliphatic rings. The summed E-state index contributed by atoms with van der Waals surface area (Å²) in [6.07, 6.45) is 1.22. The summed E-state index contributed by atoms with van der Waals surface area (Å²) >= 11 is 1.70. The van der Waals surface area contributed by atoms with E-state index in [9.17, 15) is 4.79 Å². The first-order valence-corrected chi connectivity index (χ1v) is 8.25. The Balaban J connectivity index is 1.77. The maximum atomic E-state index is 11.7. The van der Waals surface area contributed by atoms with Crippen molar-refractivity contribution >= 4 is 17.7 Å². The fraction of sp³-hybridized carbons (Fsp3) is 0.278. The fourth-order valence-corrected chi connectivity index (χ4v) is 3.72. The maximum absolute atomic E-state index is 11.7. The molecule has 0 aliphatic carbocycles. The molecule has 3 rings (SSSR count). The van der Waals surface area contributed by atoms with Gasteiger partial charge in [-0.1, -0.05) is 30.3 Å². The van der Waals surface area contributed by atoms with Crippen molar-refractivity contribution in [2.45, 2.75) is 23.3 Å². The highest BCUT2D eigenvalue weighted by Gasteiger charge is 2.41. The standard InChI is InChI=1S/C18H18O3S/c1-20-15-7-9-16(10-8-15)22-13-18(12-11-17(19)21-18)14-5-3-2-4-6-14/h2-10H,11-13H2,1H3/t18-/m0/s1. The number of thioether (sulfide) groups is 1. The Labute approximate surface area is 134 Å². The third kappa shape index (κ3) is 3.12. The van der Waals surface area contributed by atoms with Crippen molar-refractivity contribution in [2.24, 2.45) is 0 Å². The molecule has 0 aromatic heterocycles. The van der Waals surface area contributed by atoms with Gasteiger partial charge in [0.2, 0.25) is 0 Å². The quantitative estimate of drug-likeness (QED) is 0.617. The minimum Gasteiger partial charge on any atom is -0.497 e. The van der Waals surface area contributed by atoms with Gasteiger partial charge in [-0.3, -0.25) is 4.79 Å². The van der Waals surface area contributed by atoms with Crippen LogP contribution in [0.3, 0.4) is 0 Å². The van der Waals surface area contributed by atoms with Gasteiger partial charge in [-0.25, -0.2) is 0 Å². The SMILES string of the molecule is COc1ccc(SC[C@]2(c3ccccc3)CCC(=O)O2)cc1. The Morgan fingerprint density at radius 2 is 1.86 bits per heavy atom. The molecule has 1 fully saturated rings. The van der Waals surface area contributed by atoms with Gasteiger partial charge in [-0.05, 0) is 29.8 Å². The molecule has 0 saturated carbocycles. The molecule has 22 heavy (non-hydrogen) atoms. The summed E-state index contributed by atoms with van der Waals surface area (Å²) in [5, 5.41) is 0. The van der Waals surface area contributed by atoms with Crippen LogP contribution in [0.25, 0.3) is 0 Å². The Morgan fingerprint density at radius 3 is 2.45 bits per heavy atom. The van der Waals surface area contributed by atoms with E-state index in [-0.39, 0.29) is 5.97 Å². The van der Waals surface area contributed by atoms with Gasteiger partial charge in [0.05, 0.1) is 7.11 Å². The van der Waals surface area contributed by atoms with E-state index >= 15 is 0 Å². The molecule has 114 valence electrons. The third-order valence-electron chi connectivity index (χ3n) is 3.87. The summed E-state index contributed by atoms with van der Waals surface area (Å²) in [6, 6.07) is 18.0. The molecule has 1 aliphatic heterocycles. The summed E-state index contributed by atoms with van der Waals surface area (Å²) in [5.74, 6) is 1.45. The molecule has 2 aromatic rings. The molecule has 0 N–H and O–H groups in total. The van der Waals surface area contributed by atoms with Crippen molar-refractivity contribution in [3.05, 3.63) is 60.2 Å². The van der Waals surface area contributed by atoms with E-state index in [0.717, 1.165) is 28.4 Å². The van der Waals surface area contributed by atoms with Gasteiger partial charge in [0, 0.05) is 23.5 Å². The van der Waals surface area contributed by atoms with Gasteiger partial charge in [0.15, 0.2) is 0 Å². The van der Waals surface area contributed by atoms with Gasteiger partial charge in [-0.2, -0.15) is 0 Å². The lowest BCUT2D eigenvalue weighted by molar-refractivity contribution is -0.147.